The van der Waals surface area contributed by atoms with Crippen LogP contribution in [0.1, 0.15) is 0 Å². The molecule has 2 heterocycles. The van der Waals surface area contributed by atoms with Crippen molar-refractivity contribution in [3.8, 4) is 11.6 Å². The Hall–Kier alpha value is -1.73. The molecule has 0 radical (unpaired) electrons. The lowest BCUT2D eigenvalue weighted by atomic mass is 9.83. The molecule has 0 aliphatic heterocycles. The molecule has 2 aromatic rings. The fourth-order valence-electron chi connectivity index (χ4n) is 0.981. The van der Waals surface area contributed by atoms with Gasteiger partial charge in [-0.3, -0.25) is 0 Å². The van der Waals surface area contributed by atoms with Crippen LogP contribution in [0.2, 0.25) is 0 Å². The standard InChI is InChI=1S/C7H7BN4O2/c13-8(14)5-3-11-7(12-4-5)6-9-1-2-10-6/h1-4,13-14H,(H,9,10). The van der Waals surface area contributed by atoms with Gasteiger partial charge in [0.15, 0.2) is 11.6 Å². The van der Waals surface area contributed by atoms with E-state index in [1.807, 2.05) is 0 Å². The van der Waals surface area contributed by atoms with Crippen LogP contribution in [-0.2, 0) is 0 Å². The molecule has 3 N–H and O–H groups in total. The molecule has 0 bridgehead atoms. The quantitative estimate of drug-likeness (QED) is 0.503. The molecule has 0 aromatic carbocycles. The number of hydrogen-bond donors (Lipinski definition) is 3. The minimum atomic E-state index is -1.54. The third kappa shape index (κ3) is 1.63. The molecular formula is C7H7BN4O2. The molecule has 0 aliphatic carbocycles. The third-order valence-corrected chi connectivity index (χ3v) is 1.68. The van der Waals surface area contributed by atoms with E-state index in [4.69, 9.17) is 10.0 Å². The zero-order valence-electron chi connectivity index (χ0n) is 7.12. The van der Waals surface area contributed by atoms with Crippen LogP contribution in [0.15, 0.2) is 24.8 Å². The summed E-state index contributed by atoms with van der Waals surface area (Å²) in [4.78, 5) is 14.6. The minimum Gasteiger partial charge on any atom is -0.423 e. The van der Waals surface area contributed by atoms with Gasteiger partial charge >= 0.3 is 7.12 Å². The Bertz CT molecular complexity index is 400. The molecular weight excluding hydrogens is 183 g/mol. The van der Waals surface area contributed by atoms with E-state index in [-0.39, 0.29) is 5.46 Å². The van der Waals surface area contributed by atoms with Gasteiger partial charge in [0.05, 0.1) is 0 Å². The molecule has 0 saturated carbocycles. The fraction of sp³-hybridized carbons (Fsp3) is 0. The molecule has 0 atom stereocenters. The first kappa shape index (κ1) is 8.85. The maximum absolute atomic E-state index is 8.80. The molecule has 0 unspecified atom stereocenters. The van der Waals surface area contributed by atoms with Crippen LogP contribution in [0.5, 0.6) is 0 Å². The molecule has 14 heavy (non-hydrogen) atoms. The van der Waals surface area contributed by atoms with Gasteiger partial charge in [-0.25, -0.2) is 15.0 Å². The Morgan fingerprint density at radius 2 is 1.86 bits per heavy atom. The topological polar surface area (TPSA) is 94.9 Å². The number of rotatable bonds is 2. The molecule has 6 nitrogen and oxygen atoms in total. The number of H-pyrrole nitrogens is 1. The SMILES string of the molecule is OB(O)c1cnc(-c2ncc[nH]2)nc1. The van der Waals surface area contributed by atoms with E-state index >= 15 is 0 Å². The summed E-state index contributed by atoms with van der Waals surface area (Å²) in [5.74, 6) is 0.961. The van der Waals surface area contributed by atoms with E-state index in [0.717, 1.165) is 0 Å². The number of nitrogens with one attached hydrogen (secondary N) is 1. The largest absolute Gasteiger partial charge is 0.491 e. The zero-order chi connectivity index (χ0) is 9.97. The van der Waals surface area contributed by atoms with Crippen molar-refractivity contribution in [2.75, 3.05) is 0 Å². The lowest BCUT2D eigenvalue weighted by Gasteiger charge is -1.98. The van der Waals surface area contributed by atoms with E-state index in [1.54, 1.807) is 12.4 Å². The average Bonchev–Trinajstić information content (AvgIpc) is 2.71. The highest BCUT2D eigenvalue weighted by atomic mass is 16.4. The molecule has 0 spiro atoms. The van der Waals surface area contributed by atoms with Gasteiger partial charge in [-0.15, -0.1) is 0 Å². The van der Waals surface area contributed by atoms with Gasteiger partial charge < -0.3 is 15.0 Å². The van der Waals surface area contributed by atoms with Gasteiger partial charge in [-0.1, -0.05) is 0 Å². The lowest BCUT2D eigenvalue weighted by molar-refractivity contribution is 0.425. The van der Waals surface area contributed by atoms with Crippen molar-refractivity contribution in [2.45, 2.75) is 0 Å². The van der Waals surface area contributed by atoms with Crippen molar-refractivity contribution in [3.63, 3.8) is 0 Å². The van der Waals surface area contributed by atoms with E-state index in [2.05, 4.69) is 19.9 Å². The second-order valence-electron chi connectivity index (χ2n) is 2.65. The average molecular weight is 190 g/mol. The third-order valence-electron chi connectivity index (χ3n) is 1.68. The van der Waals surface area contributed by atoms with Crippen molar-refractivity contribution in [1.82, 2.24) is 19.9 Å². The van der Waals surface area contributed by atoms with Crippen LogP contribution >= 0.6 is 0 Å². The van der Waals surface area contributed by atoms with E-state index in [1.165, 1.54) is 12.4 Å². The molecule has 70 valence electrons. The molecule has 0 amide bonds. The zero-order valence-corrected chi connectivity index (χ0v) is 7.12. The maximum Gasteiger partial charge on any atom is 0.491 e. The lowest BCUT2D eigenvalue weighted by Crippen LogP contribution is -2.30. The predicted octanol–water partition coefficient (Wildman–Crippen LogP) is -1.45. The van der Waals surface area contributed by atoms with Gasteiger partial charge in [0.1, 0.15) is 0 Å². The second-order valence-corrected chi connectivity index (χ2v) is 2.65. The normalized spacial score (nSPS) is 10.1. The van der Waals surface area contributed by atoms with Crippen LogP contribution in [0.4, 0.5) is 0 Å². The summed E-state index contributed by atoms with van der Waals surface area (Å²) in [5.41, 5.74) is 0.250. The monoisotopic (exact) mass is 190 g/mol. The minimum absolute atomic E-state index is 0.250. The van der Waals surface area contributed by atoms with Crippen molar-refractivity contribution in [1.29, 1.82) is 0 Å². The van der Waals surface area contributed by atoms with Crippen LogP contribution in [0, 0.1) is 0 Å². The highest BCUT2D eigenvalue weighted by Crippen LogP contribution is 2.04. The van der Waals surface area contributed by atoms with Crippen molar-refractivity contribution in [3.05, 3.63) is 24.8 Å². The highest BCUT2D eigenvalue weighted by molar-refractivity contribution is 6.58. The summed E-state index contributed by atoms with van der Waals surface area (Å²) < 4.78 is 0. The number of imidazole rings is 1. The maximum atomic E-state index is 8.80. The summed E-state index contributed by atoms with van der Waals surface area (Å²) in [6.45, 7) is 0. The summed E-state index contributed by atoms with van der Waals surface area (Å²) in [6, 6.07) is 0. The van der Waals surface area contributed by atoms with Gasteiger partial charge in [-0.05, 0) is 0 Å². The Morgan fingerprint density at radius 3 is 2.36 bits per heavy atom. The Kier molecular flexibility index (Phi) is 2.25. The summed E-state index contributed by atoms with van der Waals surface area (Å²) in [5, 5.41) is 17.6. The molecule has 2 rings (SSSR count). The Morgan fingerprint density at radius 1 is 1.14 bits per heavy atom. The summed E-state index contributed by atoms with van der Waals surface area (Å²) in [7, 11) is -1.54. The van der Waals surface area contributed by atoms with E-state index in [0.29, 0.717) is 11.6 Å². The molecule has 0 fully saturated rings. The Labute approximate surface area is 79.8 Å². The number of aromatic nitrogens is 4. The van der Waals surface area contributed by atoms with Gasteiger partial charge in [0.2, 0.25) is 0 Å². The van der Waals surface area contributed by atoms with E-state index in [9.17, 15) is 0 Å². The fourth-order valence-corrected chi connectivity index (χ4v) is 0.981. The van der Waals surface area contributed by atoms with Gasteiger partial charge in [0.25, 0.3) is 0 Å². The van der Waals surface area contributed by atoms with Gasteiger partial charge in [0, 0.05) is 30.3 Å². The first-order valence-corrected chi connectivity index (χ1v) is 3.95. The molecule has 2 aromatic heterocycles. The summed E-state index contributed by atoms with van der Waals surface area (Å²) >= 11 is 0. The number of hydrogen-bond acceptors (Lipinski definition) is 5. The van der Waals surface area contributed by atoms with Crippen molar-refractivity contribution < 1.29 is 10.0 Å². The van der Waals surface area contributed by atoms with Crippen molar-refractivity contribution >= 4 is 12.6 Å². The number of aromatic amines is 1. The molecule has 7 heteroatoms. The van der Waals surface area contributed by atoms with Gasteiger partial charge in [-0.2, -0.15) is 0 Å². The van der Waals surface area contributed by atoms with Crippen LogP contribution in [0.25, 0.3) is 11.6 Å². The first-order valence-electron chi connectivity index (χ1n) is 3.95. The van der Waals surface area contributed by atoms with Crippen LogP contribution in [-0.4, -0.2) is 37.1 Å². The first-order chi connectivity index (χ1) is 6.77. The molecule has 0 saturated heterocycles. The van der Waals surface area contributed by atoms with Crippen LogP contribution in [0.3, 0.4) is 0 Å². The Balaban J connectivity index is 2.31. The van der Waals surface area contributed by atoms with E-state index < -0.39 is 7.12 Å². The highest BCUT2D eigenvalue weighted by Gasteiger charge is 2.12. The van der Waals surface area contributed by atoms with Crippen LogP contribution < -0.4 is 5.46 Å². The van der Waals surface area contributed by atoms with Crippen molar-refractivity contribution in [2.24, 2.45) is 0 Å². The smallest absolute Gasteiger partial charge is 0.423 e. The number of nitrogens with zero attached hydrogens (tertiary/aromatic N) is 3. The predicted molar refractivity (Wildman–Crippen MR) is 49.4 cm³/mol. The molecule has 0 aliphatic rings. The second kappa shape index (κ2) is 3.56. The summed E-state index contributed by atoms with van der Waals surface area (Å²) in [6.07, 6.45) is 5.94.